The molecule has 160 valence electrons. The van der Waals surface area contributed by atoms with Gasteiger partial charge in [0, 0.05) is 36.0 Å². The molecule has 0 unspecified atom stereocenters. The molecule has 31 heavy (non-hydrogen) atoms. The van der Waals surface area contributed by atoms with Gasteiger partial charge >= 0.3 is 0 Å². The molecule has 0 fully saturated rings. The molecule has 3 heterocycles. The van der Waals surface area contributed by atoms with Crippen LogP contribution in [0.1, 0.15) is 0 Å². The number of nitrogens with zero attached hydrogens (tertiary/aromatic N) is 6. The van der Waals surface area contributed by atoms with Crippen LogP contribution in [0.3, 0.4) is 0 Å². The van der Waals surface area contributed by atoms with Crippen molar-refractivity contribution in [3.63, 3.8) is 0 Å². The minimum atomic E-state index is -3.95. The van der Waals surface area contributed by atoms with Gasteiger partial charge in [-0.05, 0) is 6.07 Å². The third-order valence-corrected chi connectivity index (χ3v) is 6.70. The zero-order valence-electron chi connectivity index (χ0n) is 16.2. The molecule has 0 aliphatic rings. The van der Waals surface area contributed by atoms with E-state index in [9.17, 15) is 21.6 Å². The van der Waals surface area contributed by atoms with Crippen molar-refractivity contribution in [1.29, 1.82) is 0 Å². The van der Waals surface area contributed by atoms with Crippen LogP contribution in [0.25, 0.3) is 22.4 Å². The highest BCUT2D eigenvalue weighted by atomic mass is 32.2. The fourth-order valence-electron chi connectivity index (χ4n) is 2.85. The standard InChI is InChI=1S/C18H16N6O5S2/c1-30(26,27)18-19-11-14-7-8-15(25)23(17(14)21-18)9-10-31(28,29)24-12-20-16(22-24)13-5-3-2-4-6-13/h2-8,11-12H,9-10H2,1H3. The molecule has 0 spiro atoms. The Morgan fingerprint density at radius 2 is 1.71 bits per heavy atom. The van der Waals surface area contributed by atoms with Crippen LogP contribution < -0.4 is 5.56 Å². The lowest BCUT2D eigenvalue weighted by Crippen LogP contribution is -2.27. The summed E-state index contributed by atoms with van der Waals surface area (Å²) < 4.78 is 50.9. The number of hydrogen-bond donors (Lipinski definition) is 0. The third-order valence-electron chi connectivity index (χ3n) is 4.39. The molecule has 0 aliphatic carbocycles. The molecule has 4 aromatic rings. The summed E-state index contributed by atoms with van der Waals surface area (Å²) >= 11 is 0. The van der Waals surface area contributed by atoms with Gasteiger partial charge in [-0.1, -0.05) is 30.3 Å². The summed E-state index contributed by atoms with van der Waals surface area (Å²) in [5, 5.41) is 3.97. The highest BCUT2D eigenvalue weighted by molar-refractivity contribution is 7.90. The van der Waals surface area contributed by atoms with Crippen LogP contribution in [0.5, 0.6) is 0 Å². The van der Waals surface area contributed by atoms with Crippen molar-refractivity contribution in [2.75, 3.05) is 12.0 Å². The van der Waals surface area contributed by atoms with E-state index >= 15 is 0 Å². The van der Waals surface area contributed by atoms with Gasteiger partial charge < -0.3 is 0 Å². The van der Waals surface area contributed by atoms with Crippen LogP contribution in [0.4, 0.5) is 0 Å². The Kier molecular flexibility index (Phi) is 5.15. The van der Waals surface area contributed by atoms with Crippen molar-refractivity contribution >= 4 is 30.9 Å². The molecule has 0 aliphatic heterocycles. The first-order valence-corrected chi connectivity index (χ1v) is 12.4. The lowest BCUT2D eigenvalue weighted by molar-refractivity contribution is 0.571. The number of benzene rings is 1. The minimum absolute atomic E-state index is 0.0293. The number of sulfone groups is 1. The molecule has 0 saturated heterocycles. The molecule has 3 aromatic heterocycles. The predicted molar refractivity (Wildman–Crippen MR) is 112 cm³/mol. The Morgan fingerprint density at radius 3 is 2.42 bits per heavy atom. The maximum atomic E-state index is 12.7. The number of hydrogen-bond acceptors (Lipinski definition) is 9. The average Bonchev–Trinajstić information content (AvgIpc) is 3.24. The lowest BCUT2D eigenvalue weighted by Gasteiger charge is -2.10. The van der Waals surface area contributed by atoms with E-state index in [2.05, 4.69) is 20.1 Å². The lowest BCUT2D eigenvalue weighted by atomic mass is 10.2. The van der Waals surface area contributed by atoms with E-state index in [0.29, 0.717) is 10.9 Å². The zero-order valence-corrected chi connectivity index (χ0v) is 17.8. The second-order valence-corrected chi connectivity index (χ2v) is 10.5. The van der Waals surface area contributed by atoms with E-state index in [1.165, 1.54) is 18.3 Å². The number of rotatable bonds is 6. The van der Waals surface area contributed by atoms with Crippen molar-refractivity contribution in [3.05, 3.63) is 65.3 Å². The maximum Gasteiger partial charge on any atom is 0.257 e. The fourth-order valence-corrected chi connectivity index (χ4v) is 4.34. The summed E-state index contributed by atoms with van der Waals surface area (Å²) in [4.78, 5) is 24.1. The first-order valence-electron chi connectivity index (χ1n) is 8.92. The van der Waals surface area contributed by atoms with Crippen molar-refractivity contribution in [2.45, 2.75) is 11.7 Å². The Hall–Kier alpha value is -3.45. The van der Waals surface area contributed by atoms with Crippen molar-refractivity contribution in [3.8, 4) is 11.4 Å². The first kappa shape index (κ1) is 20.8. The third kappa shape index (κ3) is 4.22. The monoisotopic (exact) mass is 460 g/mol. The number of aryl methyl sites for hydroxylation is 1. The highest BCUT2D eigenvalue weighted by Gasteiger charge is 2.19. The van der Waals surface area contributed by atoms with Gasteiger partial charge in [-0.2, -0.15) is 4.98 Å². The van der Waals surface area contributed by atoms with E-state index < -0.39 is 36.3 Å². The summed E-state index contributed by atoms with van der Waals surface area (Å²) in [5.41, 5.74) is 0.165. The fraction of sp³-hybridized carbons (Fsp3) is 0.167. The van der Waals surface area contributed by atoms with Crippen LogP contribution in [0.15, 0.2) is 64.9 Å². The topological polar surface area (TPSA) is 147 Å². The molecule has 0 radical (unpaired) electrons. The molecule has 0 N–H and O–H groups in total. The highest BCUT2D eigenvalue weighted by Crippen LogP contribution is 2.14. The van der Waals surface area contributed by atoms with Crippen LogP contribution in [0.2, 0.25) is 0 Å². The molecule has 13 heteroatoms. The Bertz CT molecular complexity index is 1540. The van der Waals surface area contributed by atoms with Crippen LogP contribution >= 0.6 is 0 Å². The van der Waals surface area contributed by atoms with Crippen molar-refractivity contribution in [2.24, 2.45) is 0 Å². The SMILES string of the molecule is CS(=O)(=O)c1ncc2ccc(=O)n(CCS(=O)(=O)n3cnc(-c4ccccc4)n3)c2n1. The van der Waals surface area contributed by atoms with Crippen LogP contribution in [-0.2, 0) is 26.4 Å². The van der Waals surface area contributed by atoms with Crippen LogP contribution in [-0.4, -0.2) is 57.5 Å². The number of aromatic nitrogens is 6. The average molecular weight is 460 g/mol. The van der Waals surface area contributed by atoms with Gasteiger partial charge in [0.25, 0.3) is 15.6 Å². The minimum Gasteiger partial charge on any atom is -0.291 e. The van der Waals surface area contributed by atoms with Gasteiger partial charge in [0.05, 0.1) is 5.75 Å². The summed E-state index contributed by atoms with van der Waals surface area (Å²) in [7, 11) is -7.66. The molecule has 4 rings (SSSR count). The van der Waals surface area contributed by atoms with Gasteiger partial charge in [0.2, 0.25) is 15.0 Å². The smallest absolute Gasteiger partial charge is 0.257 e. The quantitative estimate of drug-likeness (QED) is 0.371. The van der Waals surface area contributed by atoms with E-state index in [0.717, 1.165) is 21.2 Å². The van der Waals surface area contributed by atoms with Crippen molar-refractivity contribution in [1.82, 2.24) is 28.7 Å². The number of pyridine rings is 1. The van der Waals surface area contributed by atoms with Gasteiger partial charge in [0.15, 0.2) is 5.82 Å². The van der Waals surface area contributed by atoms with Crippen LogP contribution in [0, 0.1) is 0 Å². The molecule has 0 atom stereocenters. The molecule has 0 saturated carbocycles. The Morgan fingerprint density at radius 1 is 0.968 bits per heavy atom. The summed E-state index contributed by atoms with van der Waals surface area (Å²) in [5.74, 6) is -0.237. The van der Waals surface area contributed by atoms with E-state index in [1.807, 2.05) is 6.07 Å². The molecule has 0 bridgehead atoms. The van der Waals surface area contributed by atoms with E-state index in [4.69, 9.17) is 0 Å². The second-order valence-electron chi connectivity index (χ2n) is 6.65. The maximum absolute atomic E-state index is 12.7. The van der Waals surface area contributed by atoms with E-state index in [-0.39, 0.29) is 18.0 Å². The predicted octanol–water partition coefficient (Wildman–Crippen LogP) is 0.332. The van der Waals surface area contributed by atoms with Gasteiger partial charge in [-0.3, -0.25) is 9.36 Å². The molecular weight excluding hydrogens is 444 g/mol. The van der Waals surface area contributed by atoms with Gasteiger partial charge in [-0.25, -0.2) is 26.8 Å². The van der Waals surface area contributed by atoms with Gasteiger partial charge in [-0.15, -0.1) is 9.19 Å². The second kappa shape index (κ2) is 7.67. The first-order chi connectivity index (χ1) is 14.6. The van der Waals surface area contributed by atoms with Gasteiger partial charge in [0.1, 0.15) is 12.0 Å². The molecule has 1 aromatic carbocycles. The zero-order chi connectivity index (χ0) is 22.2. The van der Waals surface area contributed by atoms with Crippen molar-refractivity contribution < 1.29 is 16.8 Å². The Labute approximate surface area is 177 Å². The Balaban J connectivity index is 1.66. The van der Waals surface area contributed by atoms with E-state index in [1.54, 1.807) is 24.3 Å². The molecular formula is C18H16N6O5S2. The molecule has 11 nitrogen and oxygen atoms in total. The summed E-state index contributed by atoms with van der Waals surface area (Å²) in [6.07, 6.45) is 3.30. The number of fused-ring (bicyclic) bond motifs is 1. The summed E-state index contributed by atoms with van der Waals surface area (Å²) in [6.45, 7) is -0.265. The normalized spacial score (nSPS) is 12.3. The summed E-state index contributed by atoms with van der Waals surface area (Å²) in [6, 6.07) is 11.6. The largest absolute Gasteiger partial charge is 0.291 e. The molecule has 0 amide bonds.